The van der Waals surface area contributed by atoms with Gasteiger partial charge < -0.3 is 19.5 Å². The van der Waals surface area contributed by atoms with Crippen LogP contribution >= 0.6 is 0 Å². The number of likely N-dealkylation sites (N-methyl/N-ethyl adjacent to an activating group) is 1. The van der Waals surface area contributed by atoms with E-state index < -0.39 is 0 Å². The quantitative estimate of drug-likeness (QED) is 0.583. The Morgan fingerprint density at radius 3 is 2.62 bits per heavy atom. The van der Waals surface area contributed by atoms with E-state index in [-0.39, 0.29) is 24.9 Å². The molecule has 1 aliphatic rings. The minimum absolute atomic E-state index is 0.151. The van der Waals surface area contributed by atoms with Crippen LogP contribution in [0.1, 0.15) is 12.5 Å². The summed E-state index contributed by atoms with van der Waals surface area (Å²) in [4.78, 5) is 13.6. The van der Waals surface area contributed by atoms with Crippen molar-refractivity contribution in [3.63, 3.8) is 0 Å². The molecule has 0 aromatic heterocycles. The molecule has 0 saturated heterocycles. The van der Waals surface area contributed by atoms with Crippen molar-refractivity contribution in [1.29, 1.82) is 0 Å². The standard InChI is InChI=1S/C17H22N2O5/c1-4-19(17(21)12(2)10-20)7-5-6-13-8-15-16(24-11-23-15)9-14(13)18(3)22/h5-6,8-9,20,22H,2,4,7,10-11H2,1,3H3/b6-5+. The summed E-state index contributed by atoms with van der Waals surface area (Å²) in [7, 11) is 1.52. The number of hydrogen-bond acceptors (Lipinski definition) is 6. The number of fused-ring (bicyclic) bond motifs is 1. The molecule has 0 aliphatic carbocycles. The topological polar surface area (TPSA) is 82.5 Å². The van der Waals surface area contributed by atoms with E-state index in [4.69, 9.17) is 14.6 Å². The van der Waals surface area contributed by atoms with E-state index in [0.29, 0.717) is 30.3 Å². The first-order valence-corrected chi connectivity index (χ1v) is 7.58. The van der Waals surface area contributed by atoms with Crippen molar-refractivity contribution >= 4 is 17.7 Å². The van der Waals surface area contributed by atoms with Crippen molar-refractivity contribution in [2.75, 3.05) is 38.6 Å². The first-order valence-electron chi connectivity index (χ1n) is 7.58. The summed E-state index contributed by atoms with van der Waals surface area (Å²) in [6, 6.07) is 3.46. The molecule has 0 spiro atoms. The largest absolute Gasteiger partial charge is 0.454 e. The van der Waals surface area contributed by atoms with Gasteiger partial charge in [-0.25, -0.2) is 0 Å². The van der Waals surface area contributed by atoms with Crippen molar-refractivity contribution in [3.05, 3.63) is 35.9 Å². The van der Waals surface area contributed by atoms with E-state index in [1.807, 2.05) is 6.92 Å². The van der Waals surface area contributed by atoms with Crippen LogP contribution in [0.15, 0.2) is 30.4 Å². The number of nitrogens with zero attached hydrogens (tertiary/aromatic N) is 2. The van der Waals surface area contributed by atoms with Crippen molar-refractivity contribution in [1.82, 2.24) is 4.90 Å². The second-order valence-electron chi connectivity index (χ2n) is 5.30. The van der Waals surface area contributed by atoms with E-state index >= 15 is 0 Å². The highest BCUT2D eigenvalue weighted by Crippen LogP contribution is 2.38. The number of carbonyl (C=O) groups excluding carboxylic acids is 1. The highest BCUT2D eigenvalue weighted by molar-refractivity contribution is 5.93. The summed E-state index contributed by atoms with van der Waals surface area (Å²) in [5.74, 6) is 0.903. The lowest BCUT2D eigenvalue weighted by Crippen LogP contribution is -2.32. The van der Waals surface area contributed by atoms with Crippen LogP contribution < -0.4 is 14.5 Å². The van der Waals surface area contributed by atoms with Crippen LogP contribution in [0.2, 0.25) is 0 Å². The molecule has 0 bridgehead atoms. The Balaban J connectivity index is 2.16. The molecule has 0 atom stereocenters. The maximum Gasteiger partial charge on any atom is 0.251 e. The van der Waals surface area contributed by atoms with Crippen molar-refractivity contribution in [3.8, 4) is 11.5 Å². The molecule has 1 aromatic carbocycles. The number of rotatable bonds is 7. The van der Waals surface area contributed by atoms with Gasteiger partial charge in [-0.15, -0.1) is 0 Å². The Morgan fingerprint density at radius 2 is 2.04 bits per heavy atom. The zero-order chi connectivity index (χ0) is 17.7. The van der Waals surface area contributed by atoms with E-state index in [2.05, 4.69) is 6.58 Å². The lowest BCUT2D eigenvalue weighted by Gasteiger charge is -2.19. The molecule has 7 nitrogen and oxygen atoms in total. The average Bonchev–Trinajstić information content (AvgIpc) is 3.03. The summed E-state index contributed by atoms with van der Waals surface area (Å²) in [5.41, 5.74) is 1.45. The van der Waals surface area contributed by atoms with Gasteiger partial charge in [-0.2, -0.15) is 0 Å². The minimum atomic E-state index is -0.360. The van der Waals surface area contributed by atoms with Gasteiger partial charge in [0.25, 0.3) is 5.91 Å². The highest BCUT2D eigenvalue weighted by Gasteiger charge is 2.18. The maximum absolute atomic E-state index is 12.0. The summed E-state index contributed by atoms with van der Waals surface area (Å²) in [5, 5.41) is 19.8. The Bertz CT molecular complexity index is 655. The predicted molar refractivity (Wildman–Crippen MR) is 90.3 cm³/mol. The summed E-state index contributed by atoms with van der Waals surface area (Å²) < 4.78 is 10.7. The molecule has 1 heterocycles. The zero-order valence-corrected chi connectivity index (χ0v) is 13.9. The van der Waals surface area contributed by atoms with Gasteiger partial charge in [0.2, 0.25) is 6.79 Å². The van der Waals surface area contributed by atoms with E-state index in [9.17, 15) is 10.0 Å². The molecule has 0 saturated carbocycles. The molecule has 0 radical (unpaired) electrons. The predicted octanol–water partition coefficient (Wildman–Crippen LogP) is 1.65. The van der Waals surface area contributed by atoms with Gasteiger partial charge in [0.15, 0.2) is 11.5 Å². The number of aliphatic hydroxyl groups excluding tert-OH is 1. The number of benzene rings is 1. The molecule has 1 amide bonds. The van der Waals surface area contributed by atoms with Crippen molar-refractivity contribution in [2.24, 2.45) is 0 Å². The van der Waals surface area contributed by atoms with Crippen LogP contribution in [0.3, 0.4) is 0 Å². The van der Waals surface area contributed by atoms with E-state index in [0.717, 1.165) is 10.6 Å². The van der Waals surface area contributed by atoms with Crippen LogP contribution in [0.4, 0.5) is 5.69 Å². The molecule has 7 heteroatoms. The number of amides is 1. The Morgan fingerprint density at radius 1 is 1.38 bits per heavy atom. The zero-order valence-electron chi connectivity index (χ0n) is 13.9. The number of aliphatic hydroxyl groups is 1. The summed E-state index contributed by atoms with van der Waals surface area (Å²) >= 11 is 0. The Kier molecular flexibility index (Phi) is 5.83. The fraction of sp³-hybridized carbons (Fsp3) is 0.353. The fourth-order valence-electron chi connectivity index (χ4n) is 2.31. The van der Waals surface area contributed by atoms with Crippen LogP contribution in [0.5, 0.6) is 11.5 Å². The smallest absolute Gasteiger partial charge is 0.251 e. The lowest BCUT2D eigenvalue weighted by atomic mass is 10.1. The molecular formula is C17H22N2O5. The minimum Gasteiger partial charge on any atom is -0.454 e. The first-order chi connectivity index (χ1) is 11.5. The van der Waals surface area contributed by atoms with Gasteiger partial charge in [-0.05, 0) is 13.0 Å². The van der Waals surface area contributed by atoms with Crippen LogP contribution in [0, 0.1) is 0 Å². The second kappa shape index (κ2) is 7.85. The second-order valence-corrected chi connectivity index (χ2v) is 5.30. The van der Waals surface area contributed by atoms with Crippen molar-refractivity contribution < 1.29 is 24.6 Å². The van der Waals surface area contributed by atoms with Gasteiger partial charge in [-0.1, -0.05) is 18.7 Å². The van der Waals surface area contributed by atoms with Crippen molar-refractivity contribution in [2.45, 2.75) is 6.92 Å². The maximum atomic E-state index is 12.0. The van der Waals surface area contributed by atoms with E-state index in [1.165, 1.54) is 7.05 Å². The third kappa shape index (κ3) is 3.87. The Labute approximate surface area is 141 Å². The molecule has 1 aromatic rings. The highest BCUT2D eigenvalue weighted by atomic mass is 16.7. The van der Waals surface area contributed by atoms with Crippen LogP contribution in [-0.4, -0.2) is 54.7 Å². The molecule has 1 aliphatic heterocycles. The molecule has 2 N–H and O–H groups in total. The number of hydroxylamine groups is 1. The van der Waals surface area contributed by atoms with Gasteiger partial charge in [0.1, 0.15) is 0 Å². The SMILES string of the molecule is C=C(CO)C(=O)N(CC)C/C=C/c1cc2c(cc1N(C)O)OCO2. The van der Waals surface area contributed by atoms with Gasteiger partial charge >= 0.3 is 0 Å². The lowest BCUT2D eigenvalue weighted by molar-refractivity contribution is -0.126. The monoisotopic (exact) mass is 334 g/mol. The normalized spacial score (nSPS) is 12.5. The molecule has 2 rings (SSSR count). The third-order valence-electron chi connectivity index (χ3n) is 3.66. The summed E-state index contributed by atoms with van der Waals surface area (Å²) in [6.07, 6.45) is 3.60. The van der Waals surface area contributed by atoms with Gasteiger partial charge in [0.05, 0.1) is 12.3 Å². The number of anilines is 1. The third-order valence-corrected chi connectivity index (χ3v) is 3.66. The number of ether oxygens (including phenoxy) is 2. The Hall–Kier alpha value is -2.51. The van der Waals surface area contributed by atoms with Gasteiger partial charge in [-0.3, -0.25) is 15.1 Å². The fourth-order valence-corrected chi connectivity index (χ4v) is 2.31. The molecule has 24 heavy (non-hydrogen) atoms. The summed E-state index contributed by atoms with van der Waals surface area (Å²) in [6.45, 7) is 6.05. The molecule has 0 unspecified atom stereocenters. The first kappa shape index (κ1) is 17.8. The molecule has 0 fully saturated rings. The number of carbonyl (C=O) groups is 1. The number of hydrogen-bond donors (Lipinski definition) is 2. The van der Waals surface area contributed by atoms with Gasteiger partial charge in [0, 0.05) is 37.3 Å². The molecular weight excluding hydrogens is 312 g/mol. The van der Waals surface area contributed by atoms with Crippen LogP contribution in [0.25, 0.3) is 6.08 Å². The average molecular weight is 334 g/mol. The van der Waals surface area contributed by atoms with Crippen LogP contribution in [-0.2, 0) is 4.79 Å². The molecule has 130 valence electrons. The van der Waals surface area contributed by atoms with E-state index in [1.54, 1.807) is 29.2 Å².